The fraction of sp³-hybridized carbons (Fsp3) is 0. The number of nitrogens with one attached hydrogen (secondary N) is 1. The Morgan fingerprint density at radius 2 is 1.94 bits per heavy atom. The normalized spacial score (nSPS) is 16.6. The van der Waals surface area contributed by atoms with Gasteiger partial charge in [-0.25, -0.2) is 0 Å². The number of non-ortho nitro benzene ring substituents is 1. The Kier molecular flexibility index (Phi) is 5.20. The maximum atomic E-state index is 12.6. The van der Waals surface area contributed by atoms with Crippen LogP contribution in [0.1, 0.15) is 11.3 Å². The van der Waals surface area contributed by atoms with Crippen molar-refractivity contribution in [2.24, 2.45) is 4.99 Å². The van der Waals surface area contributed by atoms with Crippen LogP contribution in [-0.2, 0) is 4.79 Å². The Hall–Kier alpha value is -3.95. The van der Waals surface area contributed by atoms with Crippen LogP contribution in [0, 0.1) is 15.5 Å². The number of thioether (sulfide) groups is 1. The van der Waals surface area contributed by atoms with Crippen molar-refractivity contribution in [1.29, 1.82) is 5.41 Å². The topological polar surface area (TPSA) is 113 Å². The number of nitrogens with zero attached hydrogens (tertiary/aromatic N) is 3. The number of hydrogen-bond donors (Lipinski definition) is 1. The van der Waals surface area contributed by atoms with E-state index in [0.29, 0.717) is 16.5 Å². The minimum Gasteiger partial charge on any atom is -0.457 e. The van der Waals surface area contributed by atoms with E-state index in [1.807, 2.05) is 35.7 Å². The van der Waals surface area contributed by atoms with Gasteiger partial charge in [0.05, 0.1) is 21.2 Å². The van der Waals surface area contributed by atoms with Gasteiger partial charge in [-0.2, -0.15) is 4.99 Å². The summed E-state index contributed by atoms with van der Waals surface area (Å²) in [5.74, 6) is 0.0248. The summed E-state index contributed by atoms with van der Waals surface area (Å²) in [4.78, 5) is 29.0. The van der Waals surface area contributed by atoms with Crippen LogP contribution < -0.4 is 0 Å². The van der Waals surface area contributed by atoms with E-state index in [0.717, 1.165) is 11.3 Å². The number of carbonyl (C=O) groups excluding carboxylic acids is 1. The summed E-state index contributed by atoms with van der Waals surface area (Å²) < 4.78 is 5.79. The molecule has 3 aromatic rings. The first-order chi connectivity index (χ1) is 15.9. The first-order valence-corrected chi connectivity index (χ1v) is 10.9. The number of halogens is 1. The van der Waals surface area contributed by atoms with Gasteiger partial charge in [0.2, 0.25) is 0 Å². The van der Waals surface area contributed by atoms with Gasteiger partial charge in [-0.05, 0) is 29.8 Å². The molecule has 0 radical (unpaired) electrons. The quantitative estimate of drug-likeness (QED) is 0.288. The van der Waals surface area contributed by atoms with Gasteiger partial charge < -0.3 is 4.42 Å². The molecule has 0 aliphatic carbocycles. The average Bonchev–Trinajstić information content (AvgIpc) is 3.44. The maximum Gasteiger partial charge on any atom is 0.283 e. The van der Waals surface area contributed by atoms with E-state index in [1.165, 1.54) is 36.0 Å². The van der Waals surface area contributed by atoms with Crippen molar-refractivity contribution in [2.75, 3.05) is 0 Å². The molecule has 0 unspecified atom stereocenters. The fourth-order valence-corrected chi connectivity index (χ4v) is 4.55. The first-order valence-electron chi connectivity index (χ1n) is 9.62. The van der Waals surface area contributed by atoms with Gasteiger partial charge in [0, 0.05) is 23.1 Å². The predicted octanol–water partition coefficient (Wildman–Crippen LogP) is 5.81. The molecule has 5 rings (SSSR count). The van der Waals surface area contributed by atoms with E-state index in [1.54, 1.807) is 17.0 Å². The van der Waals surface area contributed by atoms with Gasteiger partial charge in [-0.3, -0.25) is 25.2 Å². The van der Waals surface area contributed by atoms with Gasteiger partial charge in [-0.15, -0.1) is 0 Å². The number of benzene rings is 2. The SMILES string of the molecule is N=C1C(=Cc2ccc(-c3cc([N+](=O)[O-])ccc3Cl)o2)C(=O)N=C2SC=C(c3ccccc3)N12. The molecule has 1 amide bonds. The molecule has 8 nitrogen and oxygen atoms in total. The minimum absolute atomic E-state index is 0.0172. The van der Waals surface area contributed by atoms with Crippen molar-refractivity contribution < 1.29 is 14.1 Å². The third-order valence-corrected chi connectivity index (χ3v) is 6.18. The second-order valence-corrected chi connectivity index (χ2v) is 8.30. The number of hydrogen-bond acceptors (Lipinski definition) is 6. The molecule has 0 bridgehead atoms. The van der Waals surface area contributed by atoms with E-state index in [9.17, 15) is 14.9 Å². The van der Waals surface area contributed by atoms with Crippen LogP contribution >= 0.6 is 23.4 Å². The molecule has 2 aromatic carbocycles. The minimum atomic E-state index is -0.548. The summed E-state index contributed by atoms with van der Waals surface area (Å²) in [6, 6.07) is 16.8. The summed E-state index contributed by atoms with van der Waals surface area (Å²) in [5.41, 5.74) is 1.95. The van der Waals surface area contributed by atoms with Gasteiger partial charge in [0.1, 0.15) is 17.4 Å². The third-order valence-electron chi connectivity index (χ3n) is 5.02. The Balaban J connectivity index is 1.49. The molecular weight excluding hydrogens is 464 g/mol. The molecule has 0 fully saturated rings. The summed E-state index contributed by atoms with van der Waals surface area (Å²) in [6.07, 6.45) is 1.44. The molecule has 33 heavy (non-hydrogen) atoms. The molecule has 2 aliphatic rings. The molecule has 0 saturated heterocycles. The first kappa shape index (κ1) is 20.9. The van der Waals surface area contributed by atoms with Crippen LogP contribution in [0.5, 0.6) is 0 Å². The molecule has 10 heteroatoms. The monoisotopic (exact) mass is 476 g/mol. The Bertz CT molecular complexity index is 1430. The largest absolute Gasteiger partial charge is 0.457 e. The van der Waals surface area contributed by atoms with Crippen LogP contribution in [0.4, 0.5) is 5.69 Å². The van der Waals surface area contributed by atoms with E-state index < -0.39 is 10.8 Å². The second kappa shape index (κ2) is 8.19. The molecule has 162 valence electrons. The number of nitro benzene ring substituents is 1. The number of amidine groups is 2. The van der Waals surface area contributed by atoms with E-state index in [4.69, 9.17) is 21.4 Å². The van der Waals surface area contributed by atoms with Gasteiger partial charge in [0.25, 0.3) is 11.6 Å². The molecule has 2 aliphatic heterocycles. The fourth-order valence-electron chi connectivity index (χ4n) is 3.45. The lowest BCUT2D eigenvalue weighted by Crippen LogP contribution is -2.37. The number of fused-ring (bicyclic) bond motifs is 1. The van der Waals surface area contributed by atoms with Crippen LogP contribution in [0.15, 0.2) is 81.1 Å². The molecular formula is C23H13ClN4O4S. The Morgan fingerprint density at radius 3 is 2.70 bits per heavy atom. The lowest BCUT2D eigenvalue weighted by molar-refractivity contribution is -0.384. The second-order valence-electron chi connectivity index (χ2n) is 7.05. The molecule has 0 saturated carbocycles. The van der Waals surface area contributed by atoms with Crippen LogP contribution in [-0.4, -0.2) is 26.7 Å². The highest BCUT2D eigenvalue weighted by molar-refractivity contribution is 8.17. The van der Waals surface area contributed by atoms with Gasteiger partial charge in [-0.1, -0.05) is 53.7 Å². The summed E-state index contributed by atoms with van der Waals surface area (Å²) in [7, 11) is 0. The Labute approximate surface area is 196 Å². The van der Waals surface area contributed by atoms with Crippen molar-refractivity contribution in [1.82, 2.24) is 4.90 Å². The average molecular weight is 477 g/mol. The number of nitro groups is 1. The highest BCUT2D eigenvalue weighted by Crippen LogP contribution is 2.38. The molecule has 3 heterocycles. The maximum absolute atomic E-state index is 12.6. The summed E-state index contributed by atoms with van der Waals surface area (Å²) >= 11 is 7.48. The predicted molar refractivity (Wildman–Crippen MR) is 128 cm³/mol. The van der Waals surface area contributed by atoms with Crippen LogP contribution in [0.2, 0.25) is 5.02 Å². The van der Waals surface area contributed by atoms with Crippen molar-refractivity contribution in [3.63, 3.8) is 0 Å². The zero-order valence-corrected chi connectivity index (χ0v) is 18.3. The lowest BCUT2D eigenvalue weighted by atomic mass is 10.1. The number of aliphatic imine (C=N–C) groups is 1. The lowest BCUT2D eigenvalue weighted by Gasteiger charge is -2.26. The number of carbonyl (C=O) groups is 1. The van der Waals surface area contributed by atoms with E-state index in [-0.39, 0.29) is 27.9 Å². The molecule has 1 N–H and O–H groups in total. The van der Waals surface area contributed by atoms with Crippen LogP contribution in [0.3, 0.4) is 0 Å². The number of amides is 1. The highest BCUT2D eigenvalue weighted by Gasteiger charge is 2.36. The van der Waals surface area contributed by atoms with Crippen molar-refractivity contribution in [2.45, 2.75) is 0 Å². The smallest absolute Gasteiger partial charge is 0.283 e. The third kappa shape index (κ3) is 3.77. The van der Waals surface area contributed by atoms with Crippen molar-refractivity contribution in [3.05, 3.63) is 98.1 Å². The van der Waals surface area contributed by atoms with Crippen molar-refractivity contribution in [3.8, 4) is 11.3 Å². The van der Waals surface area contributed by atoms with Gasteiger partial charge >= 0.3 is 0 Å². The van der Waals surface area contributed by atoms with E-state index >= 15 is 0 Å². The number of furan rings is 1. The summed E-state index contributed by atoms with van der Waals surface area (Å²) in [5, 5.41) is 22.3. The van der Waals surface area contributed by atoms with Gasteiger partial charge in [0.15, 0.2) is 5.17 Å². The highest BCUT2D eigenvalue weighted by atomic mass is 35.5. The van der Waals surface area contributed by atoms with E-state index in [2.05, 4.69) is 4.99 Å². The molecule has 1 aromatic heterocycles. The number of rotatable bonds is 4. The van der Waals surface area contributed by atoms with Crippen LogP contribution in [0.25, 0.3) is 23.1 Å². The zero-order valence-electron chi connectivity index (χ0n) is 16.7. The zero-order chi connectivity index (χ0) is 23.1. The molecule has 0 atom stereocenters. The standard InChI is InChI=1S/C23H13ClN4O4S/c24-18-8-6-14(28(30)31)10-16(18)20-9-7-15(32-20)11-17-21(25)27-19(13-4-2-1-3-5-13)12-33-23(27)26-22(17)29/h1-12,25H. The Morgan fingerprint density at radius 1 is 1.15 bits per heavy atom. The summed E-state index contributed by atoms with van der Waals surface area (Å²) in [6.45, 7) is 0. The molecule has 0 spiro atoms. The van der Waals surface area contributed by atoms with Crippen molar-refractivity contribution >= 4 is 57.7 Å².